The summed E-state index contributed by atoms with van der Waals surface area (Å²) in [7, 11) is 1.76. The smallest absolute Gasteiger partial charge is 0.273 e. The van der Waals surface area contributed by atoms with Crippen LogP contribution in [0, 0.1) is 5.41 Å². The Morgan fingerprint density at radius 2 is 1.95 bits per heavy atom. The Hall–Kier alpha value is -1.43. The Morgan fingerprint density at radius 3 is 2.59 bits per heavy atom. The minimum Gasteiger partial charge on any atom is -0.349 e. The molecule has 0 bridgehead atoms. The molecule has 1 saturated carbocycles. The summed E-state index contributed by atoms with van der Waals surface area (Å²) in [5.41, 5.74) is 1.04. The van der Waals surface area contributed by atoms with E-state index < -0.39 is 0 Å². The van der Waals surface area contributed by atoms with Gasteiger partial charge in [0.2, 0.25) is 0 Å². The van der Waals surface area contributed by atoms with Crippen LogP contribution in [0.4, 0.5) is 0 Å². The highest BCUT2D eigenvalue weighted by Crippen LogP contribution is 2.44. The van der Waals surface area contributed by atoms with E-state index in [4.69, 9.17) is 0 Å². The van der Waals surface area contributed by atoms with Crippen LogP contribution >= 0.6 is 0 Å². The maximum Gasteiger partial charge on any atom is 0.273 e. The lowest BCUT2D eigenvalue weighted by Gasteiger charge is -2.44. The standard InChI is InChI=1S/C16H27N5O/c1-20-13-14(18-19-20)15(22)17-9-12-21-10-7-16(8-11-21)5-3-2-4-6-16/h13H,2-12H2,1H3,(H,17,22). The number of nitrogens with zero attached hydrogens (tertiary/aromatic N) is 4. The molecule has 2 aliphatic rings. The molecule has 2 heterocycles. The molecule has 1 spiro atoms. The van der Waals surface area contributed by atoms with Gasteiger partial charge in [0.05, 0.1) is 6.20 Å². The average Bonchev–Trinajstić information content (AvgIpc) is 2.97. The summed E-state index contributed by atoms with van der Waals surface area (Å²) < 4.78 is 1.54. The lowest BCUT2D eigenvalue weighted by Crippen LogP contribution is -2.44. The molecule has 0 aromatic carbocycles. The maximum absolute atomic E-state index is 11.9. The molecule has 1 N–H and O–H groups in total. The van der Waals surface area contributed by atoms with Crippen LogP contribution in [0.5, 0.6) is 0 Å². The largest absolute Gasteiger partial charge is 0.349 e. The van der Waals surface area contributed by atoms with Gasteiger partial charge in [0.25, 0.3) is 5.91 Å². The summed E-state index contributed by atoms with van der Waals surface area (Å²) in [6.07, 6.45) is 11.5. The van der Waals surface area contributed by atoms with Gasteiger partial charge in [0, 0.05) is 20.1 Å². The van der Waals surface area contributed by atoms with Crippen molar-refractivity contribution in [1.82, 2.24) is 25.2 Å². The molecular formula is C16H27N5O. The van der Waals surface area contributed by atoms with Crippen molar-refractivity contribution in [3.05, 3.63) is 11.9 Å². The van der Waals surface area contributed by atoms with Crippen molar-refractivity contribution >= 4 is 5.91 Å². The predicted molar refractivity (Wildman–Crippen MR) is 84.5 cm³/mol. The molecule has 6 nitrogen and oxygen atoms in total. The fourth-order valence-corrected chi connectivity index (χ4v) is 3.92. The second kappa shape index (κ2) is 6.77. The SMILES string of the molecule is Cn1cc(C(=O)NCCN2CCC3(CCCCC3)CC2)nn1. The van der Waals surface area contributed by atoms with E-state index in [0.717, 1.165) is 6.54 Å². The molecular weight excluding hydrogens is 278 g/mol. The molecule has 0 atom stereocenters. The zero-order chi connectivity index (χ0) is 15.4. The zero-order valence-electron chi connectivity index (χ0n) is 13.6. The Bertz CT molecular complexity index is 496. The maximum atomic E-state index is 11.9. The quantitative estimate of drug-likeness (QED) is 0.917. The monoisotopic (exact) mass is 305 g/mol. The first-order valence-corrected chi connectivity index (χ1v) is 8.54. The topological polar surface area (TPSA) is 63.1 Å². The van der Waals surface area contributed by atoms with E-state index >= 15 is 0 Å². The van der Waals surface area contributed by atoms with Crippen molar-refractivity contribution in [2.75, 3.05) is 26.2 Å². The van der Waals surface area contributed by atoms with E-state index in [1.807, 2.05) is 0 Å². The molecule has 2 fully saturated rings. The van der Waals surface area contributed by atoms with Gasteiger partial charge in [-0.15, -0.1) is 5.10 Å². The Labute approximate surface area is 132 Å². The second-order valence-electron chi connectivity index (χ2n) is 6.94. The van der Waals surface area contributed by atoms with Gasteiger partial charge >= 0.3 is 0 Å². The van der Waals surface area contributed by atoms with E-state index in [1.165, 1.54) is 58.0 Å². The molecule has 1 aliphatic heterocycles. The van der Waals surface area contributed by atoms with Crippen molar-refractivity contribution in [3.63, 3.8) is 0 Å². The number of aryl methyl sites for hydroxylation is 1. The van der Waals surface area contributed by atoms with Crippen molar-refractivity contribution in [1.29, 1.82) is 0 Å². The summed E-state index contributed by atoms with van der Waals surface area (Å²) in [4.78, 5) is 14.4. The van der Waals surface area contributed by atoms with Crippen LogP contribution in [0.15, 0.2) is 6.20 Å². The van der Waals surface area contributed by atoms with Crippen LogP contribution < -0.4 is 5.32 Å². The second-order valence-corrected chi connectivity index (χ2v) is 6.94. The third-order valence-corrected chi connectivity index (χ3v) is 5.38. The summed E-state index contributed by atoms with van der Waals surface area (Å²) in [5.74, 6) is -0.131. The molecule has 1 aliphatic carbocycles. The summed E-state index contributed by atoms with van der Waals surface area (Å²) >= 11 is 0. The molecule has 0 unspecified atom stereocenters. The third-order valence-electron chi connectivity index (χ3n) is 5.38. The highest BCUT2D eigenvalue weighted by Gasteiger charge is 2.35. The zero-order valence-corrected chi connectivity index (χ0v) is 13.6. The highest BCUT2D eigenvalue weighted by atomic mass is 16.2. The van der Waals surface area contributed by atoms with Crippen LogP contribution in [0.2, 0.25) is 0 Å². The highest BCUT2D eigenvalue weighted by molar-refractivity contribution is 5.91. The van der Waals surface area contributed by atoms with E-state index in [0.29, 0.717) is 17.7 Å². The number of carbonyl (C=O) groups excluding carboxylic acids is 1. The fraction of sp³-hybridized carbons (Fsp3) is 0.812. The van der Waals surface area contributed by atoms with Crippen LogP contribution in [0.1, 0.15) is 55.4 Å². The molecule has 22 heavy (non-hydrogen) atoms. The van der Waals surface area contributed by atoms with Gasteiger partial charge in [-0.2, -0.15) is 0 Å². The van der Waals surface area contributed by atoms with Crippen LogP contribution in [-0.4, -0.2) is 52.0 Å². The normalized spacial score (nSPS) is 21.9. The average molecular weight is 305 g/mol. The number of nitrogens with one attached hydrogen (secondary N) is 1. The molecule has 1 aromatic heterocycles. The fourth-order valence-electron chi connectivity index (χ4n) is 3.92. The van der Waals surface area contributed by atoms with Gasteiger partial charge in [-0.05, 0) is 44.2 Å². The van der Waals surface area contributed by atoms with Crippen LogP contribution in [0.25, 0.3) is 0 Å². The number of aromatic nitrogens is 3. The minimum atomic E-state index is -0.131. The minimum absolute atomic E-state index is 0.131. The van der Waals surface area contributed by atoms with Crippen LogP contribution in [-0.2, 0) is 7.05 Å². The number of likely N-dealkylation sites (tertiary alicyclic amines) is 1. The van der Waals surface area contributed by atoms with Gasteiger partial charge in [0.1, 0.15) is 0 Å². The summed E-state index contributed by atoms with van der Waals surface area (Å²) in [6, 6.07) is 0. The lowest BCUT2D eigenvalue weighted by atomic mass is 9.68. The van der Waals surface area contributed by atoms with Crippen molar-refractivity contribution in [3.8, 4) is 0 Å². The first kappa shape index (κ1) is 15.5. The molecule has 1 amide bonds. The number of carbonyl (C=O) groups is 1. The van der Waals surface area contributed by atoms with Crippen LogP contribution in [0.3, 0.4) is 0 Å². The molecule has 3 rings (SSSR count). The lowest BCUT2D eigenvalue weighted by molar-refractivity contribution is 0.0672. The molecule has 122 valence electrons. The molecule has 0 radical (unpaired) electrons. The number of amides is 1. The molecule has 1 saturated heterocycles. The number of piperidine rings is 1. The summed E-state index contributed by atoms with van der Waals surface area (Å²) in [5, 5.41) is 10.5. The van der Waals surface area contributed by atoms with Crippen molar-refractivity contribution in [2.45, 2.75) is 44.9 Å². The summed E-state index contributed by atoms with van der Waals surface area (Å²) in [6.45, 7) is 3.98. The molecule has 6 heteroatoms. The van der Waals surface area contributed by atoms with Gasteiger partial charge in [-0.3, -0.25) is 9.48 Å². The van der Waals surface area contributed by atoms with E-state index in [-0.39, 0.29) is 5.91 Å². The number of rotatable bonds is 4. The van der Waals surface area contributed by atoms with Gasteiger partial charge in [-0.25, -0.2) is 0 Å². The molecule has 1 aromatic rings. The van der Waals surface area contributed by atoms with Gasteiger partial charge in [-0.1, -0.05) is 24.5 Å². The number of hydrogen-bond donors (Lipinski definition) is 1. The van der Waals surface area contributed by atoms with Crippen molar-refractivity contribution < 1.29 is 4.79 Å². The van der Waals surface area contributed by atoms with E-state index in [1.54, 1.807) is 17.9 Å². The third kappa shape index (κ3) is 3.66. The first-order valence-electron chi connectivity index (χ1n) is 8.54. The Kier molecular flexibility index (Phi) is 4.76. The van der Waals surface area contributed by atoms with Gasteiger partial charge < -0.3 is 10.2 Å². The predicted octanol–water partition coefficient (Wildman–Crippen LogP) is 1.59. The first-order chi connectivity index (χ1) is 10.7. The van der Waals surface area contributed by atoms with E-state index in [9.17, 15) is 4.79 Å². The number of hydrogen-bond acceptors (Lipinski definition) is 4. The van der Waals surface area contributed by atoms with Crippen molar-refractivity contribution in [2.24, 2.45) is 12.5 Å². The Morgan fingerprint density at radius 1 is 1.23 bits per heavy atom. The van der Waals surface area contributed by atoms with Gasteiger partial charge in [0.15, 0.2) is 5.69 Å². The Balaban J connectivity index is 1.37. The van der Waals surface area contributed by atoms with E-state index in [2.05, 4.69) is 20.5 Å².